The van der Waals surface area contributed by atoms with Gasteiger partial charge in [0, 0.05) is 26.2 Å². The van der Waals surface area contributed by atoms with Crippen molar-refractivity contribution in [3.05, 3.63) is 0 Å². The zero-order chi connectivity index (χ0) is 15.7. The molecule has 3 rings (SSSR count). The lowest BCUT2D eigenvalue weighted by Gasteiger charge is -2.33. The van der Waals surface area contributed by atoms with Gasteiger partial charge in [0.05, 0.1) is 18.1 Å². The first kappa shape index (κ1) is 15.6. The molecule has 0 unspecified atom stereocenters. The van der Waals surface area contributed by atoms with Crippen LogP contribution in [0.4, 0.5) is 4.79 Å². The minimum absolute atomic E-state index is 0.000208. The van der Waals surface area contributed by atoms with Crippen molar-refractivity contribution in [2.75, 3.05) is 26.2 Å². The maximum absolute atomic E-state index is 12.3. The highest BCUT2D eigenvalue weighted by Crippen LogP contribution is 2.33. The summed E-state index contributed by atoms with van der Waals surface area (Å²) in [4.78, 5) is 26.3. The molecule has 22 heavy (non-hydrogen) atoms. The maximum Gasteiger partial charge on any atom is 0.317 e. The quantitative estimate of drug-likeness (QED) is 0.795. The first-order valence-electron chi connectivity index (χ1n) is 8.49. The zero-order valence-electron chi connectivity index (χ0n) is 13.5. The smallest absolute Gasteiger partial charge is 0.317 e. The van der Waals surface area contributed by atoms with Gasteiger partial charge in [0.1, 0.15) is 0 Å². The molecule has 3 amide bonds. The summed E-state index contributed by atoms with van der Waals surface area (Å²) in [6.45, 7) is 6.73. The average molecular weight is 309 g/mol. The van der Waals surface area contributed by atoms with Gasteiger partial charge in [-0.3, -0.25) is 4.79 Å². The molecule has 0 spiro atoms. The first-order chi connectivity index (χ1) is 10.5. The summed E-state index contributed by atoms with van der Waals surface area (Å²) in [7, 11) is 0. The predicted molar refractivity (Wildman–Crippen MR) is 82.3 cm³/mol. The molecule has 0 aromatic carbocycles. The summed E-state index contributed by atoms with van der Waals surface area (Å²) in [6, 6.07) is -0.0361. The Bertz CT molecular complexity index is 434. The Kier molecular flexibility index (Phi) is 4.57. The van der Waals surface area contributed by atoms with E-state index in [9.17, 15) is 9.59 Å². The molecule has 1 aliphatic carbocycles. The van der Waals surface area contributed by atoms with Crippen LogP contribution in [0.3, 0.4) is 0 Å². The molecule has 0 radical (unpaired) electrons. The Balaban J connectivity index is 1.50. The number of nitrogens with one attached hydrogen (secondary N) is 2. The molecular weight excluding hydrogens is 282 g/mol. The van der Waals surface area contributed by atoms with Crippen molar-refractivity contribution in [2.45, 2.75) is 45.3 Å². The van der Waals surface area contributed by atoms with E-state index in [1.165, 1.54) is 12.8 Å². The van der Waals surface area contributed by atoms with Crippen LogP contribution in [-0.2, 0) is 9.53 Å². The minimum Gasteiger partial charge on any atom is -0.370 e. The molecular formula is C16H27N3O3. The van der Waals surface area contributed by atoms with E-state index in [0.29, 0.717) is 31.5 Å². The Morgan fingerprint density at radius 3 is 2.68 bits per heavy atom. The van der Waals surface area contributed by atoms with Gasteiger partial charge in [-0.05, 0) is 31.1 Å². The van der Waals surface area contributed by atoms with Gasteiger partial charge in [0.2, 0.25) is 5.91 Å². The molecule has 3 atom stereocenters. The molecule has 3 fully saturated rings. The predicted octanol–water partition coefficient (Wildman–Crippen LogP) is 0.968. The number of hydrogen-bond acceptors (Lipinski definition) is 3. The lowest BCUT2D eigenvalue weighted by molar-refractivity contribution is -0.127. The third kappa shape index (κ3) is 3.72. The van der Waals surface area contributed by atoms with Crippen molar-refractivity contribution >= 4 is 11.9 Å². The lowest BCUT2D eigenvalue weighted by atomic mass is 9.99. The SMILES string of the molecule is CC(C)CNC(=O)N1C[C@H]2C[C@@H](C(=O)NCC3CC3)[C@@H](C1)O2. The maximum atomic E-state index is 12.3. The lowest BCUT2D eigenvalue weighted by Crippen LogP contribution is -2.51. The van der Waals surface area contributed by atoms with E-state index >= 15 is 0 Å². The van der Waals surface area contributed by atoms with Gasteiger partial charge in [-0.15, -0.1) is 0 Å². The van der Waals surface area contributed by atoms with Gasteiger partial charge in [0.15, 0.2) is 0 Å². The number of morpholine rings is 1. The van der Waals surface area contributed by atoms with Crippen molar-refractivity contribution in [2.24, 2.45) is 17.8 Å². The number of ether oxygens (including phenoxy) is 1. The fourth-order valence-corrected chi connectivity index (χ4v) is 3.20. The molecule has 6 nitrogen and oxygen atoms in total. The summed E-state index contributed by atoms with van der Waals surface area (Å²) in [5.74, 6) is 1.11. The van der Waals surface area contributed by atoms with Crippen molar-refractivity contribution in [3.63, 3.8) is 0 Å². The second-order valence-electron chi connectivity index (χ2n) is 7.31. The molecule has 2 saturated heterocycles. The normalized spacial score (nSPS) is 30.5. The summed E-state index contributed by atoms with van der Waals surface area (Å²) in [5, 5.41) is 5.99. The highest BCUT2D eigenvalue weighted by atomic mass is 16.5. The molecule has 3 aliphatic rings. The third-order valence-electron chi connectivity index (χ3n) is 4.70. The summed E-state index contributed by atoms with van der Waals surface area (Å²) >= 11 is 0. The number of rotatable bonds is 5. The number of nitrogens with zero attached hydrogens (tertiary/aromatic N) is 1. The van der Waals surface area contributed by atoms with E-state index in [1.54, 1.807) is 4.90 Å². The summed E-state index contributed by atoms with van der Waals surface area (Å²) in [6.07, 6.45) is 3.05. The topological polar surface area (TPSA) is 70.7 Å². The Morgan fingerprint density at radius 2 is 2.00 bits per heavy atom. The number of likely N-dealkylation sites (tertiary alicyclic amines) is 1. The van der Waals surface area contributed by atoms with Crippen LogP contribution < -0.4 is 10.6 Å². The minimum atomic E-state index is -0.150. The van der Waals surface area contributed by atoms with Crippen LogP contribution in [0.2, 0.25) is 0 Å². The molecule has 2 aliphatic heterocycles. The fourth-order valence-electron chi connectivity index (χ4n) is 3.20. The van der Waals surface area contributed by atoms with Gasteiger partial charge in [0.25, 0.3) is 0 Å². The molecule has 1 saturated carbocycles. The monoisotopic (exact) mass is 309 g/mol. The van der Waals surface area contributed by atoms with E-state index < -0.39 is 0 Å². The van der Waals surface area contributed by atoms with Gasteiger partial charge < -0.3 is 20.3 Å². The molecule has 2 N–H and O–H groups in total. The fraction of sp³-hybridized carbons (Fsp3) is 0.875. The molecule has 0 aromatic heterocycles. The van der Waals surface area contributed by atoms with Crippen LogP contribution in [0.1, 0.15) is 33.1 Å². The van der Waals surface area contributed by atoms with Gasteiger partial charge in [-0.1, -0.05) is 13.8 Å². The van der Waals surface area contributed by atoms with Crippen LogP contribution in [0.15, 0.2) is 0 Å². The van der Waals surface area contributed by atoms with Gasteiger partial charge in [-0.2, -0.15) is 0 Å². The van der Waals surface area contributed by atoms with E-state index in [-0.39, 0.29) is 30.1 Å². The van der Waals surface area contributed by atoms with Crippen molar-refractivity contribution in [3.8, 4) is 0 Å². The Labute approximate surface area is 131 Å². The number of urea groups is 1. The number of fused-ring (bicyclic) bond motifs is 2. The number of carbonyl (C=O) groups is 2. The van der Waals surface area contributed by atoms with Crippen molar-refractivity contribution in [1.29, 1.82) is 0 Å². The van der Waals surface area contributed by atoms with Crippen LogP contribution >= 0.6 is 0 Å². The summed E-state index contributed by atoms with van der Waals surface area (Å²) < 4.78 is 5.88. The average Bonchev–Trinajstić information content (AvgIpc) is 3.27. The van der Waals surface area contributed by atoms with Crippen LogP contribution in [0.25, 0.3) is 0 Å². The van der Waals surface area contributed by atoms with Crippen LogP contribution in [0.5, 0.6) is 0 Å². The Morgan fingerprint density at radius 1 is 1.23 bits per heavy atom. The van der Waals surface area contributed by atoms with E-state index in [4.69, 9.17) is 4.74 Å². The number of carbonyl (C=O) groups excluding carboxylic acids is 2. The largest absolute Gasteiger partial charge is 0.370 e. The second kappa shape index (κ2) is 6.44. The van der Waals surface area contributed by atoms with E-state index in [2.05, 4.69) is 24.5 Å². The van der Waals surface area contributed by atoms with Crippen molar-refractivity contribution in [1.82, 2.24) is 15.5 Å². The molecule has 0 aromatic rings. The van der Waals surface area contributed by atoms with Crippen LogP contribution in [-0.4, -0.2) is 55.2 Å². The highest BCUT2D eigenvalue weighted by molar-refractivity contribution is 5.80. The van der Waals surface area contributed by atoms with E-state index in [1.807, 2.05) is 0 Å². The van der Waals surface area contributed by atoms with Crippen molar-refractivity contribution < 1.29 is 14.3 Å². The molecule has 6 heteroatoms. The van der Waals surface area contributed by atoms with Gasteiger partial charge in [-0.25, -0.2) is 4.79 Å². The second-order valence-corrected chi connectivity index (χ2v) is 7.31. The molecule has 124 valence electrons. The molecule has 2 bridgehead atoms. The van der Waals surface area contributed by atoms with Crippen LogP contribution in [0, 0.1) is 17.8 Å². The summed E-state index contributed by atoms with van der Waals surface area (Å²) in [5.41, 5.74) is 0. The number of hydrogen-bond donors (Lipinski definition) is 2. The molecule has 2 heterocycles. The highest BCUT2D eigenvalue weighted by Gasteiger charge is 2.45. The Hall–Kier alpha value is -1.30. The standard InChI is InChI=1S/C16H27N3O3/c1-10(2)6-18-16(21)19-8-12-5-13(14(9-19)22-12)15(20)17-7-11-3-4-11/h10-14H,3-9H2,1-2H3,(H,17,20)(H,18,21)/t12-,13-,14-/m1/s1. The zero-order valence-corrected chi connectivity index (χ0v) is 13.5. The van der Waals surface area contributed by atoms with E-state index in [0.717, 1.165) is 13.0 Å². The number of amides is 3. The van der Waals surface area contributed by atoms with Gasteiger partial charge >= 0.3 is 6.03 Å². The first-order valence-corrected chi connectivity index (χ1v) is 8.49. The third-order valence-corrected chi connectivity index (χ3v) is 4.70.